The highest BCUT2D eigenvalue weighted by Gasteiger charge is 2.19. The van der Waals surface area contributed by atoms with Gasteiger partial charge in [0.15, 0.2) is 0 Å². The Bertz CT molecular complexity index is 600. The second-order valence-corrected chi connectivity index (χ2v) is 4.99. The second kappa shape index (κ2) is 4.96. The topological polar surface area (TPSA) is 61.3 Å². The summed E-state index contributed by atoms with van der Waals surface area (Å²) >= 11 is 0. The van der Waals surface area contributed by atoms with Gasteiger partial charge in [0.05, 0.1) is 7.11 Å². The number of rotatable bonds is 3. The number of methoxy groups -OCH3 is 1. The number of nitrogens with zero attached hydrogens (tertiary/aromatic N) is 1. The largest absolute Gasteiger partial charge is 0.496 e. The van der Waals surface area contributed by atoms with Crippen molar-refractivity contribution in [2.45, 2.75) is 33.6 Å². The summed E-state index contributed by atoms with van der Waals surface area (Å²) in [7, 11) is 1.68. The minimum absolute atomic E-state index is 0.214. The van der Waals surface area contributed by atoms with E-state index in [1.54, 1.807) is 7.11 Å². The van der Waals surface area contributed by atoms with Crippen molar-refractivity contribution in [2.24, 2.45) is 0 Å². The third-order valence-corrected chi connectivity index (χ3v) is 3.41. The number of oxazole rings is 1. The van der Waals surface area contributed by atoms with Gasteiger partial charge in [0, 0.05) is 11.5 Å². The van der Waals surface area contributed by atoms with Crippen LogP contribution in [0.2, 0.25) is 0 Å². The average molecular weight is 260 g/mol. The number of hydrogen-bond donors (Lipinski definition) is 1. The molecular formula is C15H20N2O2. The predicted molar refractivity (Wildman–Crippen MR) is 76.5 cm³/mol. The SMILES string of the molecule is COc1ccc(-c2nc(N)oc2C(C)C)c(C)c1C. The fourth-order valence-corrected chi connectivity index (χ4v) is 2.21. The van der Waals surface area contributed by atoms with Gasteiger partial charge in [0.1, 0.15) is 17.2 Å². The van der Waals surface area contributed by atoms with E-state index in [-0.39, 0.29) is 11.9 Å². The maximum atomic E-state index is 5.70. The molecule has 0 saturated carbocycles. The molecule has 2 aromatic rings. The lowest BCUT2D eigenvalue weighted by molar-refractivity contribution is 0.411. The molecule has 0 unspecified atom stereocenters. The highest BCUT2D eigenvalue weighted by atomic mass is 16.5. The Balaban J connectivity index is 2.63. The highest BCUT2D eigenvalue weighted by molar-refractivity contribution is 5.69. The van der Waals surface area contributed by atoms with Gasteiger partial charge in [-0.3, -0.25) is 0 Å². The first kappa shape index (κ1) is 13.5. The smallest absolute Gasteiger partial charge is 0.292 e. The van der Waals surface area contributed by atoms with Gasteiger partial charge in [-0.25, -0.2) is 0 Å². The summed E-state index contributed by atoms with van der Waals surface area (Å²) in [5.74, 6) is 1.94. The van der Waals surface area contributed by atoms with Crippen LogP contribution in [0.4, 0.5) is 6.01 Å². The monoisotopic (exact) mass is 260 g/mol. The van der Waals surface area contributed by atoms with Crippen LogP contribution in [0.25, 0.3) is 11.3 Å². The zero-order valence-electron chi connectivity index (χ0n) is 12.1. The molecule has 4 heteroatoms. The summed E-state index contributed by atoms with van der Waals surface area (Å²) in [5, 5.41) is 0. The summed E-state index contributed by atoms with van der Waals surface area (Å²) in [6.07, 6.45) is 0. The molecule has 0 saturated heterocycles. The Kier molecular flexibility index (Phi) is 3.51. The van der Waals surface area contributed by atoms with Gasteiger partial charge in [-0.1, -0.05) is 13.8 Å². The van der Waals surface area contributed by atoms with Crippen molar-refractivity contribution in [2.75, 3.05) is 12.8 Å². The van der Waals surface area contributed by atoms with E-state index in [1.165, 1.54) is 0 Å². The molecule has 1 heterocycles. The summed E-state index contributed by atoms with van der Waals surface area (Å²) in [6, 6.07) is 4.17. The highest BCUT2D eigenvalue weighted by Crippen LogP contribution is 2.35. The number of nitrogens with two attached hydrogens (primary N) is 1. The third-order valence-electron chi connectivity index (χ3n) is 3.41. The fraction of sp³-hybridized carbons (Fsp3) is 0.400. The number of hydrogen-bond acceptors (Lipinski definition) is 4. The third kappa shape index (κ3) is 2.30. The number of anilines is 1. The van der Waals surface area contributed by atoms with Gasteiger partial charge in [0.2, 0.25) is 0 Å². The average Bonchev–Trinajstić information content (AvgIpc) is 2.75. The molecule has 0 radical (unpaired) electrons. The van der Waals surface area contributed by atoms with Gasteiger partial charge in [0.25, 0.3) is 6.01 Å². The van der Waals surface area contributed by atoms with Crippen LogP contribution in [0, 0.1) is 13.8 Å². The summed E-state index contributed by atoms with van der Waals surface area (Å²) in [4.78, 5) is 4.33. The molecule has 1 aromatic heterocycles. The molecule has 0 amide bonds. The van der Waals surface area contributed by atoms with E-state index in [0.717, 1.165) is 33.9 Å². The Morgan fingerprint density at radius 1 is 1.21 bits per heavy atom. The van der Waals surface area contributed by atoms with Crippen LogP contribution in [0.15, 0.2) is 16.5 Å². The van der Waals surface area contributed by atoms with E-state index in [2.05, 4.69) is 25.8 Å². The van der Waals surface area contributed by atoms with E-state index in [4.69, 9.17) is 14.9 Å². The fourth-order valence-electron chi connectivity index (χ4n) is 2.21. The van der Waals surface area contributed by atoms with Crippen LogP contribution < -0.4 is 10.5 Å². The van der Waals surface area contributed by atoms with Crippen LogP contribution in [0.3, 0.4) is 0 Å². The molecule has 0 aliphatic carbocycles. The van der Waals surface area contributed by atoms with Crippen molar-refractivity contribution < 1.29 is 9.15 Å². The summed E-state index contributed by atoms with van der Waals surface area (Å²) < 4.78 is 10.8. The molecular weight excluding hydrogens is 240 g/mol. The minimum Gasteiger partial charge on any atom is -0.496 e. The lowest BCUT2D eigenvalue weighted by atomic mass is 9.97. The zero-order valence-corrected chi connectivity index (χ0v) is 12.1. The van der Waals surface area contributed by atoms with E-state index in [1.807, 2.05) is 19.1 Å². The first-order chi connectivity index (χ1) is 8.95. The first-order valence-corrected chi connectivity index (χ1v) is 6.36. The van der Waals surface area contributed by atoms with Crippen LogP contribution in [-0.4, -0.2) is 12.1 Å². The molecule has 19 heavy (non-hydrogen) atoms. The summed E-state index contributed by atoms with van der Waals surface area (Å²) in [5.41, 5.74) is 9.81. The summed E-state index contributed by atoms with van der Waals surface area (Å²) in [6.45, 7) is 8.22. The zero-order chi connectivity index (χ0) is 14.2. The van der Waals surface area contributed by atoms with E-state index < -0.39 is 0 Å². The molecule has 4 nitrogen and oxygen atoms in total. The Morgan fingerprint density at radius 3 is 2.47 bits per heavy atom. The van der Waals surface area contributed by atoms with Crippen molar-refractivity contribution in [1.82, 2.24) is 4.98 Å². The van der Waals surface area contributed by atoms with E-state index in [0.29, 0.717) is 0 Å². The lowest BCUT2D eigenvalue weighted by Crippen LogP contribution is -1.96. The van der Waals surface area contributed by atoms with Gasteiger partial charge >= 0.3 is 0 Å². The Morgan fingerprint density at radius 2 is 1.89 bits per heavy atom. The van der Waals surface area contributed by atoms with Gasteiger partial charge in [-0.2, -0.15) is 4.98 Å². The normalized spacial score (nSPS) is 11.1. The van der Waals surface area contributed by atoms with Gasteiger partial charge < -0.3 is 14.9 Å². The van der Waals surface area contributed by atoms with E-state index >= 15 is 0 Å². The molecule has 0 atom stereocenters. The second-order valence-electron chi connectivity index (χ2n) is 4.99. The molecule has 0 aliphatic heterocycles. The number of ether oxygens (including phenoxy) is 1. The molecule has 0 aliphatic rings. The van der Waals surface area contributed by atoms with Crippen molar-refractivity contribution >= 4 is 6.01 Å². The van der Waals surface area contributed by atoms with Gasteiger partial charge in [-0.05, 0) is 37.1 Å². The van der Waals surface area contributed by atoms with Crippen LogP contribution in [-0.2, 0) is 0 Å². The molecule has 2 N–H and O–H groups in total. The van der Waals surface area contributed by atoms with Gasteiger partial charge in [-0.15, -0.1) is 0 Å². The Hall–Kier alpha value is -1.97. The maximum absolute atomic E-state index is 5.70. The van der Waals surface area contributed by atoms with Crippen LogP contribution in [0.5, 0.6) is 5.75 Å². The first-order valence-electron chi connectivity index (χ1n) is 6.36. The van der Waals surface area contributed by atoms with Crippen molar-refractivity contribution in [3.8, 4) is 17.0 Å². The predicted octanol–water partition coefficient (Wildman–Crippen LogP) is 3.67. The van der Waals surface area contributed by atoms with Crippen molar-refractivity contribution in [3.05, 3.63) is 29.0 Å². The molecule has 2 rings (SSSR count). The molecule has 1 aromatic carbocycles. The molecule has 0 spiro atoms. The number of aromatic nitrogens is 1. The standard InChI is InChI=1S/C15H20N2O2/c1-8(2)14-13(17-15(16)19-14)11-6-7-12(18-5)10(4)9(11)3/h6-8H,1-5H3,(H2,16,17). The number of benzene rings is 1. The van der Waals surface area contributed by atoms with Crippen molar-refractivity contribution in [3.63, 3.8) is 0 Å². The quantitative estimate of drug-likeness (QED) is 0.914. The Labute approximate surface area is 113 Å². The molecule has 0 bridgehead atoms. The van der Waals surface area contributed by atoms with Crippen LogP contribution >= 0.6 is 0 Å². The molecule has 102 valence electrons. The number of nitrogen functional groups attached to an aromatic ring is 1. The maximum Gasteiger partial charge on any atom is 0.292 e. The van der Waals surface area contributed by atoms with E-state index in [9.17, 15) is 0 Å². The van der Waals surface area contributed by atoms with Crippen molar-refractivity contribution in [1.29, 1.82) is 0 Å². The lowest BCUT2D eigenvalue weighted by Gasteiger charge is -2.12. The molecule has 0 fully saturated rings. The van der Waals surface area contributed by atoms with Crippen LogP contribution in [0.1, 0.15) is 36.7 Å². The minimum atomic E-state index is 0.214.